The highest BCUT2D eigenvalue weighted by molar-refractivity contribution is 9.10. The molecule has 0 fully saturated rings. The largest absolute Gasteiger partial charge is 0.506 e. The zero-order chi connectivity index (χ0) is 12.0. The lowest BCUT2D eigenvalue weighted by atomic mass is 10.3. The maximum atomic E-state index is 11.0. The molecule has 0 saturated carbocycles. The quantitative estimate of drug-likeness (QED) is 0.682. The molecule has 0 bridgehead atoms. The Morgan fingerprint density at radius 1 is 1.62 bits per heavy atom. The molecule has 0 aliphatic rings. The molecule has 1 rings (SSSR count). The van der Waals surface area contributed by atoms with Gasteiger partial charge in [-0.2, -0.15) is 0 Å². The Labute approximate surface area is 102 Å². The van der Waals surface area contributed by atoms with Crippen molar-refractivity contribution >= 4 is 28.0 Å². The van der Waals surface area contributed by atoms with E-state index in [1.165, 1.54) is 6.07 Å². The third-order valence-corrected chi connectivity index (χ3v) is 2.18. The summed E-state index contributed by atoms with van der Waals surface area (Å²) in [6.45, 7) is 2.12. The van der Waals surface area contributed by atoms with Crippen LogP contribution in [0.5, 0.6) is 5.75 Å². The van der Waals surface area contributed by atoms with Crippen LogP contribution >= 0.6 is 15.9 Å². The van der Waals surface area contributed by atoms with Crippen molar-refractivity contribution in [3.8, 4) is 5.75 Å². The van der Waals surface area contributed by atoms with Gasteiger partial charge >= 0.3 is 5.97 Å². The summed E-state index contributed by atoms with van der Waals surface area (Å²) < 4.78 is 5.38. The number of aromatic hydroxyl groups is 1. The number of carbonyl (C=O) groups is 1. The Morgan fingerprint density at radius 3 is 3.06 bits per heavy atom. The molecule has 0 aliphatic carbocycles. The van der Waals surface area contributed by atoms with E-state index < -0.39 is 0 Å². The van der Waals surface area contributed by atoms with Gasteiger partial charge < -0.3 is 9.84 Å². The summed E-state index contributed by atoms with van der Waals surface area (Å²) >= 11 is 3.19. The molecule has 0 unspecified atom stereocenters. The van der Waals surface area contributed by atoms with Crippen molar-refractivity contribution in [2.75, 3.05) is 6.61 Å². The highest BCUT2D eigenvalue weighted by atomic mass is 79.9. The SMILES string of the molecule is CCOC(=O)CC=Cc1nc(Br)ccc1O. The Bertz CT molecular complexity index is 404. The van der Waals surface area contributed by atoms with Crippen LogP contribution in [-0.4, -0.2) is 22.7 Å². The van der Waals surface area contributed by atoms with Gasteiger partial charge in [-0.15, -0.1) is 0 Å². The minimum absolute atomic E-state index is 0.0725. The molecule has 4 nitrogen and oxygen atoms in total. The van der Waals surface area contributed by atoms with Gasteiger partial charge in [0, 0.05) is 0 Å². The molecule has 0 aliphatic heterocycles. The lowest BCUT2D eigenvalue weighted by molar-refractivity contribution is -0.142. The minimum atomic E-state index is -0.298. The first-order chi connectivity index (χ1) is 7.63. The number of nitrogens with zero attached hydrogens (tertiary/aromatic N) is 1. The maximum Gasteiger partial charge on any atom is 0.309 e. The van der Waals surface area contributed by atoms with E-state index in [4.69, 9.17) is 4.74 Å². The number of halogens is 1. The summed E-state index contributed by atoms with van der Waals surface area (Å²) in [5.74, 6) is -0.225. The standard InChI is InChI=1S/C11H12BrNO3/c1-2-16-11(15)5-3-4-8-9(14)6-7-10(12)13-8/h3-4,6-7,14H,2,5H2,1H3. The van der Waals surface area contributed by atoms with Gasteiger partial charge in [0.05, 0.1) is 13.0 Å². The zero-order valence-electron chi connectivity index (χ0n) is 8.81. The van der Waals surface area contributed by atoms with Gasteiger partial charge in [0.15, 0.2) is 0 Å². The van der Waals surface area contributed by atoms with Crippen LogP contribution in [0.2, 0.25) is 0 Å². The van der Waals surface area contributed by atoms with Gasteiger partial charge in [0.25, 0.3) is 0 Å². The van der Waals surface area contributed by atoms with Crippen LogP contribution in [0.15, 0.2) is 22.8 Å². The van der Waals surface area contributed by atoms with Crippen LogP contribution in [-0.2, 0) is 9.53 Å². The number of aromatic nitrogens is 1. The fourth-order valence-electron chi connectivity index (χ4n) is 1.05. The lowest BCUT2D eigenvalue weighted by Crippen LogP contribution is -2.01. The topological polar surface area (TPSA) is 59.4 Å². The third kappa shape index (κ3) is 4.02. The molecule has 5 heteroatoms. The summed E-state index contributed by atoms with van der Waals surface area (Å²) in [6.07, 6.45) is 3.35. The number of pyridine rings is 1. The van der Waals surface area contributed by atoms with E-state index >= 15 is 0 Å². The summed E-state index contributed by atoms with van der Waals surface area (Å²) in [6, 6.07) is 3.17. The van der Waals surface area contributed by atoms with E-state index in [0.717, 1.165) is 0 Å². The van der Waals surface area contributed by atoms with Crippen molar-refractivity contribution in [2.24, 2.45) is 0 Å². The molecule has 0 spiro atoms. The van der Waals surface area contributed by atoms with Crippen LogP contribution in [0, 0.1) is 0 Å². The van der Waals surface area contributed by atoms with E-state index in [0.29, 0.717) is 16.9 Å². The third-order valence-electron chi connectivity index (χ3n) is 1.73. The Balaban J connectivity index is 2.62. The average Bonchev–Trinajstić information content (AvgIpc) is 2.23. The molecule has 1 heterocycles. The number of ether oxygens (including phenoxy) is 1. The minimum Gasteiger partial charge on any atom is -0.506 e. The molecule has 1 N–H and O–H groups in total. The number of esters is 1. The summed E-state index contributed by atoms with van der Waals surface area (Å²) in [5, 5.41) is 9.45. The zero-order valence-corrected chi connectivity index (χ0v) is 10.4. The van der Waals surface area contributed by atoms with Crippen LogP contribution in [0.4, 0.5) is 0 Å². The van der Waals surface area contributed by atoms with Gasteiger partial charge in [0.2, 0.25) is 0 Å². The predicted octanol–water partition coefficient (Wildman–Crippen LogP) is 2.52. The van der Waals surface area contributed by atoms with Crippen molar-refractivity contribution < 1.29 is 14.6 Å². The van der Waals surface area contributed by atoms with Crippen molar-refractivity contribution in [1.29, 1.82) is 0 Å². The van der Waals surface area contributed by atoms with E-state index in [1.807, 2.05) is 0 Å². The summed E-state index contributed by atoms with van der Waals surface area (Å²) in [4.78, 5) is 15.1. The highest BCUT2D eigenvalue weighted by Gasteiger charge is 2.01. The summed E-state index contributed by atoms with van der Waals surface area (Å²) in [7, 11) is 0. The van der Waals surface area contributed by atoms with Crippen LogP contribution in [0.3, 0.4) is 0 Å². The van der Waals surface area contributed by atoms with E-state index in [-0.39, 0.29) is 18.1 Å². The average molecular weight is 286 g/mol. The van der Waals surface area contributed by atoms with E-state index in [9.17, 15) is 9.90 Å². The number of rotatable bonds is 4. The monoisotopic (exact) mass is 285 g/mol. The smallest absolute Gasteiger partial charge is 0.309 e. The molecular weight excluding hydrogens is 274 g/mol. The second-order valence-corrected chi connectivity index (χ2v) is 3.76. The lowest BCUT2D eigenvalue weighted by Gasteiger charge is -1.99. The van der Waals surface area contributed by atoms with Crippen molar-refractivity contribution in [1.82, 2.24) is 4.98 Å². The molecule has 0 aromatic carbocycles. The Kier molecular flexibility index (Phi) is 4.98. The van der Waals surface area contributed by atoms with Gasteiger partial charge in [-0.1, -0.05) is 6.08 Å². The fraction of sp³-hybridized carbons (Fsp3) is 0.273. The number of hydrogen-bond donors (Lipinski definition) is 1. The fourth-order valence-corrected chi connectivity index (χ4v) is 1.38. The second kappa shape index (κ2) is 6.27. The van der Waals surface area contributed by atoms with Gasteiger partial charge in [-0.05, 0) is 41.1 Å². The Hall–Kier alpha value is -1.36. The van der Waals surface area contributed by atoms with E-state index in [2.05, 4.69) is 20.9 Å². The molecule has 1 aromatic rings. The maximum absolute atomic E-state index is 11.0. The predicted molar refractivity (Wildman–Crippen MR) is 63.9 cm³/mol. The molecule has 1 aromatic heterocycles. The van der Waals surface area contributed by atoms with Gasteiger partial charge in [-0.25, -0.2) is 4.98 Å². The summed E-state index contributed by atoms with van der Waals surface area (Å²) in [5.41, 5.74) is 0.415. The molecule has 16 heavy (non-hydrogen) atoms. The number of hydrogen-bond acceptors (Lipinski definition) is 4. The normalized spacial score (nSPS) is 10.6. The van der Waals surface area contributed by atoms with Gasteiger partial charge in [0.1, 0.15) is 16.0 Å². The molecule has 0 saturated heterocycles. The first-order valence-electron chi connectivity index (χ1n) is 4.81. The van der Waals surface area contributed by atoms with Crippen molar-refractivity contribution in [3.05, 3.63) is 28.5 Å². The highest BCUT2D eigenvalue weighted by Crippen LogP contribution is 2.19. The van der Waals surface area contributed by atoms with Crippen molar-refractivity contribution in [2.45, 2.75) is 13.3 Å². The molecule has 0 atom stereocenters. The van der Waals surface area contributed by atoms with E-state index in [1.54, 1.807) is 25.1 Å². The van der Waals surface area contributed by atoms with Crippen molar-refractivity contribution in [3.63, 3.8) is 0 Å². The Morgan fingerprint density at radius 2 is 2.38 bits per heavy atom. The van der Waals surface area contributed by atoms with Crippen LogP contribution < -0.4 is 0 Å². The molecule has 86 valence electrons. The van der Waals surface area contributed by atoms with Crippen LogP contribution in [0.25, 0.3) is 6.08 Å². The molecule has 0 radical (unpaired) electrons. The first kappa shape index (κ1) is 12.7. The first-order valence-corrected chi connectivity index (χ1v) is 5.60. The van der Waals surface area contributed by atoms with Gasteiger partial charge in [-0.3, -0.25) is 4.79 Å². The number of carbonyl (C=O) groups excluding carboxylic acids is 1. The van der Waals surface area contributed by atoms with Crippen LogP contribution in [0.1, 0.15) is 19.0 Å². The molecular formula is C11H12BrNO3. The molecule has 0 amide bonds. The second-order valence-electron chi connectivity index (χ2n) is 2.95.